The first-order valence-electron chi connectivity index (χ1n) is 8.12. The second-order valence-corrected chi connectivity index (χ2v) is 6.25. The van der Waals surface area contributed by atoms with E-state index in [4.69, 9.17) is 11.7 Å². The largest absolute Gasteiger partial charge is 0.388 e. The Labute approximate surface area is 142 Å². The van der Waals surface area contributed by atoms with Crippen molar-refractivity contribution < 1.29 is 20.1 Å². The quantitative estimate of drug-likeness (QED) is 0.794. The lowest BCUT2D eigenvalue weighted by molar-refractivity contribution is -0.209. The van der Waals surface area contributed by atoms with Crippen molar-refractivity contribution in [1.29, 1.82) is 0 Å². The summed E-state index contributed by atoms with van der Waals surface area (Å²) in [7, 11) is 0. The van der Waals surface area contributed by atoms with Crippen LogP contribution in [0.25, 0.3) is 0 Å². The monoisotopic (exact) mass is 326 g/mol. The van der Waals surface area contributed by atoms with E-state index >= 15 is 0 Å². The van der Waals surface area contributed by atoms with Gasteiger partial charge in [0.25, 0.3) is 0 Å². The molecular formula is C20H22O4. The van der Waals surface area contributed by atoms with Crippen LogP contribution in [0, 0.1) is 6.92 Å². The summed E-state index contributed by atoms with van der Waals surface area (Å²) in [6, 6.07) is 18.1. The molecule has 0 unspecified atom stereocenters. The predicted molar refractivity (Wildman–Crippen MR) is 90.4 cm³/mol. The molecule has 0 amide bonds. The van der Waals surface area contributed by atoms with E-state index in [1.165, 1.54) is 5.56 Å². The van der Waals surface area contributed by atoms with E-state index < -0.39 is 30.5 Å². The molecule has 1 aliphatic rings. The van der Waals surface area contributed by atoms with Crippen molar-refractivity contribution in [3.05, 3.63) is 78.2 Å². The second-order valence-electron chi connectivity index (χ2n) is 6.25. The van der Waals surface area contributed by atoms with Crippen molar-refractivity contribution >= 4 is 0 Å². The van der Waals surface area contributed by atoms with Crippen LogP contribution in [0.4, 0.5) is 0 Å². The van der Waals surface area contributed by atoms with Crippen LogP contribution in [0.15, 0.2) is 54.6 Å². The van der Waals surface area contributed by atoms with Crippen molar-refractivity contribution in [2.75, 3.05) is 0 Å². The second kappa shape index (κ2) is 7.45. The molecular weight excluding hydrogens is 304 g/mol. The molecule has 126 valence electrons. The smallest absolute Gasteiger partial charge is 0.111 e. The Balaban J connectivity index is 1.78. The summed E-state index contributed by atoms with van der Waals surface area (Å²) in [4.78, 5) is 0. The normalized spacial score (nSPS) is 30.2. The molecule has 4 nitrogen and oxygen atoms in total. The zero-order chi connectivity index (χ0) is 17.1. The molecule has 1 heterocycles. The Hall–Kier alpha value is -1.72. The van der Waals surface area contributed by atoms with E-state index in [1.54, 1.807) is 0 Å². The fourth-order valence-corrected chi connectivity index (χ4v) is 3.11. The molecule has 1 aliphatic heterocycles. The molecule has 0 spiro atoms. The van der Waals surface area contributed by atoms with Crippen molar-refractivity contribution in [3.8, 4) is 0 Å². The lowest BCUT2D eigenvalue weighted by Gasteiger charge is -2.39. The fourth-order valence-electron chi connectivity index (χ4n) is 3.11. The van der Waals surface area contributed by atoms with Crippen LogP contribution in [-0.4, -0.2) is 45.8 Å². The maximum Gasteiger partial charge on any atom is 0.111 e. The first kappa shape index (κ1) is 17.1. The third kappa shape index (κ3) is 3.68. The molecule has 4 heteroatoms. The van der Waals surface area contributed by atoms with Gasteiger partial charge in [0.1, 0.15) is 18.3 Å². The number of aliphatic hydroxyl groups excluding tert-OH is 3. The molecule has 0 bridgehead atoms. The maximum atomic E-state index is 10.2. The van der Waals surface area contributed by atoms with Crippen LogP contribution < -0.4 is 0 Å². The zero-order valence-electron chi connectivity index (χ0n) is 13.3. The minimum absolute atomic E-state index is 0.418. The number of ether oxygens (including phenoxy) is 1. The van der Waals surface area contributed by atoms with Crippen molar-refractivity contribution in [2.24, 2.45) is 0 Å². The van der Waals surface area contributed by atoms with Gasteiger partial charge < -0.3 is 20.1 Å². The molecule has 2 aromatic carbocycles. The lowest BCUT2D eigenvalue weighted by atomic mass is 9.89. The van der Waals surface area contributed by atoms with E-state index in [2.05, 4.69) is 12.1 Å². The molecule has 0 aliphatic carbocycles. The van der Waals surface area contributed by atoms with Crippen molar-refractivity contribution in [2.45, 2.75) is 43.4 Å². The molecule has 3 N–H and O–H groups in total. The van der Waals surface area contributed by atoms with Gasteiger partial charge in [-0.1, -0.05) is 54.6 Å². The molecule has 0 saturated carbocycles. The average molecular weight is 326 g/mol. The number of hydrogen-bond acceptors (Lipinski definition) is 4. The summed E-state index contributed by atoms with van der Waals surface area (Å²) < 4.78 is 5.51. The maximum absolute atomic E-state index is 10.2. The van der Waals surface area contributed by atoms with E-state index in [0.717, 1.165) is 17.5 Å². The predicted octanol–water partition coefficient (Wildman–Crippen LogP) is 1.38. The molecule has 0 aromatic heterocycles. The van der Waals surface area contributed by atoms with Gasteiger partial charge in [-0.25, -0.2) is 0 Å². The van der Waals surface area contributed by atoms with Gasteiger partial charge >= 0.3 is 0 Å². The number of benzene rings is 2. The van der Waals surface area contributed by atoms with Crippen molar-refractivity contribution in [3.63, 3.8) is 0 Å². The summed E-state index contributed by atoms with van der Waals surface area (Å²) in [6.45, 7) is 5.69. The standard InChI is InChI=1S/C20H22O4/c1-13-18(21)20(23)19(22)17(24-13)12-16-10-6-5-9-15(16)11-14-7-3-2-4-8-14/h1-10,13,17-23H,11-12H2/t13-,17+,18-,19+,20+/m1/s1. The van der Waals surface area contributed by atoms with Crippen LogP contribution in [0.1, 0.15) is 16.7 Å². The van der Waals surface area contributed by atoms with E-state index in [9.17, 15) is 15.3 Å². The topological polar surface area (TPSA) is 69.9 Å². The first-order chi connectivity index (χ1) is 11.6. The highest BCUT2D eigenvalue weighted by molar-refractivity contribution is 5.33. The van der Waals surface area contributed by atoms with Gasteiger partial charge in [-0.2, -0.15) is 0 Å². The van der Waals surface area contributed by atoms with Gasteiger partial charge in [0.2, 0.25) is 0 Å². The fraction of sp³-hybridized carbons (Fsp3) is 0.350. The molecule has 5 atom stereocenters. The number of aliphatic hydroxyl groups is 3. The van der Waals surface area contributed by atoms with Crippen LogP contribution in [0.5, 0.6) is 0 Å². The summed E-state index contributed by atoms with van der Waals surface area (Å²) >= 11 is 0. The van der Waals surface area contributed by atoms with Gasteiger partial charge in [-0.3, -0.25) is 0 Å². The van der Waals surface area contributed by atoms with Crippen LogP contribution in [0.3, 0.4) is 0 Å². The molecule has 2 radical (unpaired) electrons. The van der Waals surface area contributed by atoms with Gasteiger partial charge in [0.05, 0.1) is 12.2 Å². The Morgan fingerprint density at radius 1 is 0.792 bits per heavy atom. The Morgan fingerprint density at radius 2 is 1.42 bits per heavy atom. The summed E-state index contributed by atoms with van der Waals surface area (Å²) in [6.07, 6.45) is -4.23. The van der Waals surface area contributed by atoms with Crippen LogP contribution in [-0.2, 0) is 17.6 Å². The van der Waals surface area contributed by atoms with Gasteiger partial charge in [0, 0.05) is 6.42 Å². The molecule has 1 fully saturated rings. The van der Waals surface area contributed by atoms with Gasteiger partial charge in [-0.15, -0.1) is 0 Å². The SMILES string of the molecule is [CH][C@H]1O[C@@H](Cc2ccccc2Cc2ccccc2)[C@H](O)[C@@H](O)[C@@H]1O. The highest BCUT2D eigenvalue weighted by atomic mass is 16.5. The zero-order valence-corrected chi connectivity index (χ0v) is 13.3. The highest BCUT2D eigenvalue weighted by Gasteiger charge is 2.41. The van der Waals surface area contributed by atoms with Gasteiger partial charge in [-0.05, 0) is 30.0 Å². The Morgan fingerprint density at radius 3 is 2.12 bits per heavy atom. The Bertz CT molecular complexity index is 658. The average Bonchev–Trinajstić information content (AvgIpc) is 2.60. The van der Waals surface area contributed by atoms with Crippen molar-refractivity contribution in [1.82, 2.24) is 0 Å². The third-order valence-corrected chi connectivity index (χ3v) is 4.53. The molecule has 1 saturated heterocycles. The van der Waals surface area contributed by atoms with Crippen LogP contribution in [0.2, 0.25) is 0 Å². The summed E-state index contributed by atoms with van der Waals surface area (Å²) in [5.41, 5.74) is 3.36. The highest BCUT2D eigenvalue weighted by Crippen LogP contribution is 2.25. The summed E-state index contributed by atoms with van der Waals surface area (Å²) in [5, 5.41) is 29.8. The minimum Gasteiger partial charge on any atom is -0.388 e. The van der Waals surface area contributed by atoms with E-state index in [-0.39, 0.29) is 0 Å². The first-order valence-corrected chi connectivity index (χ1v) is 8.12. The molecule has 3 rings (SSSR count). The minimum atomic E-state index is -1.31. The number of rotatable bonds is 4. The third-order valence-electron chi connectivity index (χ3n) is 4.53. The van der Waals surface area contributed by atoms with E-state index in [0.29, 0.717) is 6.42 Å². The molecule has 2 aromatic rings. The summed E-state index contributed by atoms with van der Waals surface area (Å²) in [5.74, 6) is 0. The van der Waals surface area contributed by atoms with Gasteiger partial charge in [0.15, 0.2) is 0 Å². The molecule has 24 heavy (non-hydrogen) atoms. The van der Waals surface area contributed by atoms with E-state index in [1.807, 2.05) is 42.5 Å². The lowest BCUT2D eigenvalue weighted by Crippen LogP contribution is -2.57. The number of hydrogen-bond donors (Lipinski definition) is 3. The Kier molecular flexibility index (Phi) is 5.31. The van der Waals surface area contributed by atoms with Crippen LogP contribution >= 0.6 is 0 Å².